The van der Waals surface area contributed by atoms with Gasteiger partial charge < -0.3 is 21.3 Å². The summed E-state index contributed by atoms with van der Waals surface area (Å²) in [5, 5.41) is 6.38. The lowest BCUT2D eigenvalue weighted by atomic mass is 9.81. The summed E-state index contributed by atoms with van der Waals surface area (Å²) in [6.45, 7) is 6.91. The Balaban J connectivity index is 1.38. The third kappa shape index (κ3) is 8.14. The van der Waals surface area contributed by atoms with E-state index in [-0.39, 0.29) is 29.7 Å². The molecule has 4 rings (SSSR count). The number of nitrogens with one attached hydrogen (secondary N) is 2. The van der Waals surface area contributed by atoms with Gasteiger partial charge in [0.15, 0.2) is 0 Å². The lowest BCUT2D eigenvalue weighted by molar-refractivity contribution is -0.147. The van der Waals surface area contributed by atoms with Gasteiger partial charge in [0, 0.05) is 56.2 Å². The second-order valence-corrected chi connectivity index (χ2v) is 12.0. The van der Waals surface area contributed by atoms with E-state index in [9.17, 15) is 9.59 Å². The highest BCUT2D eigenvalue weighted by Gasteiger charge is 2.40. The summed E-state index contributed by atoms with van der Waals surface area (Å²) >= 11 is 0. The monoisotopic (exact) mass is 547 g/mol. The molecule has 0 bridgehead atoms. The molecule has 2 aromatic rings. The molecular weight excluding hydrogens is 498 g/mol. The van der Waals surface area contributed by atoms with Crippen LogP contribution in [-0.4, -0.2) is 53.4 Å². The van der Waals surface area contributed by atoms with Gasteiger partial charge in [0.1, 0.15) is 0 Å². The highest BCUT2D eigenvalue weighted by Crippen LogP contribution is 2.33. The van der Waals surface area contributed by atoms with Crippen molar-refractivity contribution in [2.24, 2.45) is 17.6 Å². The van der Waals surface area contributed by atoms with Gasteiger partial charge >= 0.3 is 0 Å². The normalized spacial score (nSPS) is 23.1. The molecule has 1 aliphatic heterocycles. The maximum absolute atomic E-state index is 13.8. The fraction of sp³-hybridized carbons (Fsp3) is 0.606. The first-order chi connectivity index (χ1) is 19.5. The number of rotatable bonds is 9. The Hall–Kier alpha value is -2.77. The summed E-state index contributed by atoms with van der Waals surface area (Å²) < 4.78 is 0. The van der Waals surface area contributed by atoms with E-state index in [0.717, 1.165) is 43.5 Å². The predicted octanol–water partition coefficient (Wildman–Crippen LogP) is 5.29. The molecule has 7 heteroatoms. The fourth-order valence-electron chi connectivity index (χ4n) is 6.54. The first-order valence-electron chi connectivity index (χ1n) is 15.5. The van der Waals surface area contributed by atoms with Crippen molar-refractivity contribution in [1.82, 2.24) is 20.5 Å². The molecule has 1 saturated heterocycles. The number of aromatic nitrogens is 1. The van der Waals surface area contributed by atoms with Crippen LogP contribution in [0.4, 0.5) is 0 Å². The Labute approximate surface area is 240 Å². The van der Waals surface area contributed by atoms with E-state index in [0.29, 0.717) is 24.7 Å². The minimum Gasteiger partial charge on any atom is -0.351 e. The van der Waals surface area contributed by atoms with Crippen molar-refractivity contribution in [2.45, 2.75) is 96.7 Å². The van der Waals surface area contributed by atoms with Crippen LogP contribution in [0.15, 0.2) is 42.7 Å². The van der Waals surface area contributed by atoms with Crippen molar-refractivity contribution >= 4 is 11.8 Å². The van der Waals surface area contributed by atoms with Crippen LogP contribution in [0.3, 0.4) is 0 Å². The van der Waals surface area contributed by atoms with E-state index in [2.05, 4.69) is 58.6 Å². The minimum absolute atomic E-state index is 0.180. The van der Waals surface area contributed by atoms with Crippen molar-refractivity contribution < 1.29 is 9.59 Å². The van der Waals surface area contributed by atoms with Crippen molar-refractivity contribution in [3.8, 4) is 11.1 Å². The largest absolute Gasteiger partial charge is 0.351 e. The molecule has 1 aromatic heterocycles. The van der Waals surface area contributed by atoms with Gasteiger partial charge in [0.2, 0.25) is 5.91 Å². The quantitative estimate of drug-likeness (QED) is 0.370. The van der Waals surface area contributed by atoms with Gasteiger partial charge in [0.25, 0.3) is 5.91 Å². The van der Waals surface area contributed by atoms with Crippen LogP contribution >= 0.6 is 0 Å². The predicted molar refractivity (Wildman–Crippen MR) is 162 cm³/mol. The molecule has 3 atom stereocenters. The first-order valence-corrected chi connectivity index (χ1v) is 15.5. The molecule has 4 N–H and O–H groups in total. The van der Waals surface area contributed by atoms with Crippen LogP contribution < -0.4 is 16.4 Å². The van der Waals surface area contributed by atoms with E-state index >= 15 is 0 Å². The van der Waals surface area contributed by atoms with E-state index < -0.39 is 0 Å². The molecule has 7 nitrogen and oxygen atoms in total. The summed E-state index contributed by atoms with van der Waals surface area (Å²) in [4.78, 5) is 33.6. The number of hydrogen-bond donors (Lipinski definition) is 3. The summed E-state index contributed by atoms with van der Waals surface area (Å²) in [5.41, 5.74) is 9.15. The van der Waals surface area contributed by atoms with Gasteiger partial charge in [-0.2, -0.15) is 0 Å². The molecule has 0 radical (unpaired) electrons. The van der Waals surface area contributed by atoms with Crippen molar-refractivity contribution in [1.29, 1.82) is 0 Å². The van der Waals surface area contributed by atoms with E-state index in [1.165, 1.54) is 50.5 Å². The zero-order valence-corrected chi connectivity index (χ0v) is 24.5. The number of hydrogen-bond acceptors (Lipinski definition) is 5. The third-order valence-corrected chi connectivity index (χ3v) is 8.83. The number of amides is 2. The first kappa shape index (κ1) is 30.2. The molecule has 1 saturated carbocycles. The number of carbonyl (C=O) groups excluding carboxylic acids is 2. The number of likely N-dealkylation sites (tertiary alicyclic amines) is 1. The topological polar surface area (TPSA) is 100 Å². The molecule has 2 fully saturated rings. The van der Waals surface area contributed by atoms with Crippen molar-refractivity contribution in [2.75, 3.05) is 19.6 Å². The zero-order chi connectivity index (χ0) is 28.3. The van der Waals surface area contributed by atoms with Crippen LogP contribution in [0, 0.1) is 11.8 Å². The smallest absolute Gasteiger partial charge is 0.252 e. The Bertz CT molecular complexity index is 1080. The zero-order valence-electron chi connectivity index (χ0n) is 24.5. The van der Waals surface area contributed by atoms with Crippen molar-refractivity contribution in [3.05, 3.63) is 53.9 Å². The van der Waals surface area contributed by atoms with E-state index in [1.54, 1.807) is 12.4 Å². The number of piperidine rings is 1. The SMILES string of the molecule is CC1CC(C)N(C2CCCCCCCCC2)C(=O)C1CNC(=O)c1cncc(-c2ccc(CNCCN)cc2)c1. The number of benzene rings is 1. The highest BCUT2D eigenvalue weighted by atomic mass is 16.2. The van der Waals surface area contributed by atoms with E-state index in [4.69, 9.17) is 5.73 Å². The molecule has 0 spiro atoms. The highest BCUT2D eigenvalue weighted by molar-refractivity contribution is 5.95. The van der Waals surface area contributed by atoms with Gasteiger partial charge in [0.05, 0.1) is 11.5 Å². The molecular formula is C33H49N5O2. The van der Waals surface area contributed by atoms with Crippen LogP contribution in [0.1, 0.15) is 94.0 Å². The molecule has 1 aromatic carbocycles. The summed E-state index contributed by atoms with van der Waals surface area (Å²) in [5.74, 6) is 0.0929. The molecule has 2 heterocycles. The molecule has 40 heavy (non-hydrogen) atoms. The van der Waals surface area contributed by atoms with Gasteiger partial charge in [-0.25, -0.2) is 0 Å². The average Bonchev–Trinajstić information content (AvgIpc) is 2.96. The molecule has 3 unspecified atom stereocenters. The van der Waals surface area contributed by atoms with E-state index in [1.807, 2.05) is 6.07 Å². The average molecular weight is 548 g/mol. The number of nitrogens with zero attached hydrogens (tertiary/aromatic N) is 2. The Kier molecular flexibility index (Phi) is 11.5. The summed E-state index contributed by atoms with van der Waals surface area (Å²) in [6, 6.07) is 10.7. The standard InChI is InChI=1S/C33H49N5O2/c1-24-18-25(2)38(30-10-8-6-4-3-5-7-9-11-30)33(40)31(24)23-37-32(39)29-19-28(21-36-22-29)27-14-12-26(13-15-27)20-35-17-16-34/h12-15,19,21-22,24-25,30-31,35H,3-11,16-18,20,23,34H2,1-2H3,(H,37,39). The molecule has 1 aliphatic carbocycles. The maximum atomic E-state index is 13.8. The lowest BCUT2D eigenvalue weighted by Crippen LogP contribution is -2.56. The Morgan fingerprint density at radius 3 is 2.33 bits per heavy atom. The van der Waals surface area contributed by atoms with Crippen LogP contribution in [-0.2, 0) is 11.3 Å². The molecule has 2 amide bonds. The Morgan fingerprint density at radius 2 is 1.65 bits per heavy atom. The molecule has 218 valence electrons. The Morgan fingerprint density at radius 1 is 0.975 bits per heavy atom. The van der Waals surface area contributed by atoms with Gasteiger partial charge in [-0.15, -0.1) is 0 Å². The second kappa shape index (κ2) is 15.3. The minimum atomic E-state index is -0.188. The maximum Gasteiger partial charge on any atom is 0.252 e. The van der Waals surface area contributed by atoms with Crippen LogP contribution in [0.5, 0.6) is 0 Å². The third-order valence-electron chi connectivity index (χ3n) is 8.83. The fourth-order valence-corrected chi connectivity index (χ4v) is 6.54. The van der Waals surface area contributed by atoms with Gasteiger partial charge in [-0.3, -0.25) is 14.6 Å². The molecule has 2 aliphatic rings. The summed E-state index contributed by atoms with van der Waals surface area (Å²) in [7, 11) is 0. The summed E-state index contributed by atoms with van der Waals surface area (Å²) in [6.07, 6.45) is 15.5. The number of pyridine rings is 1. The lowest BCUT2D eigenvalue weighted by Gasteiger charge is -2.45. The number of carbonyl (C=O) groups is 2. The number of nitrogens with two attached hydrogens (primary N) is 1. The van der Waals surface area contributed by atoms with Gasteiger partial charge in [-0.05, 0) is 49.3 Å². The second-order valence-electron chi connectivity index (χ2n) is 12.0. The van der Waals surface area contributed by atoms with Crippen molar-refractivity contribution in [3.63, 3.8) is 0 Å². The van der Waals surface area contributed by atoms with Gasteiger partial charge in [-0.1, -0.05) is 76.1 Å². The van der Waals surface area contributed by atoms with Crippen LogP contribution in [0.2, 0.25) is 0 Å². The van der Waals surface area contributed by atoms with Crippen LogP contribution in [0.25, 0.3) is 11.1 Å².